The summed E-state index contributed by atoms with van der Waals surface area (Å²) in [4.78, 5) is 14.7. The lowest BCUT2D eigenvalue weighted by Gasteiger charge is -2.32. The first kappa shape index (κ1) is 18.9. The van der Waals surface area contributed by atoms with Crippen molar-refractivity contribution >= 4 is 17.5 Å². The monoisotopic (exact) mass is 374 g/mol. The molecule has 0 spiro atoms. The summed E-state index contributed by atoms with van der Waals surface area (Å²) in [5.41, 5.74) is 2.07. The molecule has 1 unspecified atom stereocenters. The van der Waals surface area contributed by atoms with Gasteiger partial charge in [0.15, 0.2) is 0 Å². The minimum Gasteiger partial charge on any atom is -0.355 e. The molecule has 1 aliphatic rings. The largest absolute Gasteiger partial charge is 0.355 e. The third-order valence-corrected chi connectivity index (χ3v) is 5.01. The van der Waals surface area contributed by atoms with Crippen LogP contribution in [0.25, 0.3) is 0 Å². The van der Waals surface area contributed by atoms with Gasteiger partial charge in [-0.15, -0.1) is 0 Å². The summed E-state index contributed by atoms with van der Waals surface area (Å²) >= 11 is 5.98. The van der Waals surface area contributed by atoms with Crippen molar-refractivity contribution in [2.75, 3.05) is 19.6 Å². The van der Waals surface area contributed by atoms with E-state index in [2.05, 4.69) is 10.2 Å². The van der Waals surface area contributed by atoms with Crippen LogP contribution in [0.5, 0.6) is 0 Å². The van der Waals surface area contributed by atoms with Crippen molar-refractivity contribution in [3.8, 4) is 0 Å². The average molecular weight is 375 g/mol. The second-order valence-electron chi connectivity index (χ2n) is 6.88. The van der Waals surface area contributed by atoms with E-state index in [9.17, 15) is 9.18 Å². The summed E-state index contributed by atoms with van der Waals surface area (Å²) in [5, 5.41) is 3.76. The Morgan fingerprint density at radius 3 is 2.81 bits per heavy atom. The molecule has 138 valence electrons. The van der Waals surface area contributed by atoms with E-state index in [0.717, 1.165) is 43.5 Å². The number of amides is 1. The van der Waals surface area contributed by atoms with E-state index < -0.39 is 0 Å². The number of carbonyl (C=O) groups excluding carboxylic acids is 1. The number of hydrogen-bond donors (Lipinski definition) is 1. The normalized spacial score (nSPS) is 17.8. The van der Waals surface area contributed by atoms with Crippen LogP contribution in [-0.4, -0.2) is 30.4 Å². The van der Waals surface area contributed by atoms with E-state index in [1.54, 1.807) is 12.1 Å². The smallest absolute Gasteiger partial charge is 0.224 e. The molecular weight excluding hydrogens is 351 g/mol. The summed E-state index contributed by atoms with van der Waals surface area (Å²) < 4.78 is 13.3. The van der Waals surface area contributed by atoms with E-state index in [0.29, 0.717) is 18.1 Å². The molecule has 1 saturated heterocycles. The van der Waals surface area contributed by atoms with Crippen LogP contribution in [0.3, 0.4) is 0 Å². The molecule has 1 amide bonds. The van der Waals surface area contributed by atoms with Crippen molar-refractivity contribution in [2.24, 2.45) is 5.92 Å². The molecule has 2 aromatic carbocycles. The van der Waals surface area contributed by atoms with Gasteiger partial charge in [0.25, 0.3) is 0 Å². The van der Waals surface area contributed by atoms with Crippen molar-refractivity contribution in [1.29, 1.82) is 0 Å². The average Bonchev–Trinajstić information content (AvgIpc) is 2.62. The number of rotatable bonds is 6. The fourth-order valence-electron chi connectivity index (χ4n) is 3.47. The van der Waals surface area contributed by atoms with Crippen LogP contribution in [-0.2, 0) is 17.8 Å². The Balaban J connectivity index is 1.46. The first-order valence-electron chi connectivity index (χ1n) is 9.09. The van der Waals surface area contributed by atoms with Crippen molar-refractivity contribution < 1.29 is 9.18 Å². The molecule has 1 heterocycles. The standard InChI is InChI=1S/C21H24ClFN2O/c22-19-7-1-4-16(12-19)9-10-24-21(26)18-6-3-11-25(15-18)14-17-5-2-8-20(23)13-17/h1-2,4-5,7-8,12-13,18H,3,6,9-11,14-15H2,(H,24,26). The van der Waals surface area contributed by atoms with Crippen molar-refractivity contribution in [3.05, 3.63) is 70.5 Å². The van der Waals surface area contributed by atoms with Gasteiger partial charge in [0, 0.05) is 24.7 Å². The maximum Gasteiger partial charge on any atom is 0.224 e. The van der Waals surface area contributed by atoms with Gasteiger partial charge >= 0.3 is 0 Å². The number of nitrogens with one attached hydrogen (secondary N) is 1. The Morgan fingerprint density at radius 1 is 1.19 bits per heavy atom. The molecule has 2 aromatic rings. The van der Waals surface area contributed by atoms with Crippen LogP contribution >= 0.6 is 11.6 Å². The van der Waals surface area contributed by atoms with Crippen LogP contribution < -0.4 is 5.32 Å². The minimum absolute atomic E-state index is 0.00308. The molecule has 1 atom stereocenters. The number of halogens is 2. The molecule has 26 heavy (non-hydrogen) atoms. The second kappa shape index (κ2) is 9.15. The number of nitrogens with zero attached hydrogens (tertiary/aromatic N) is 1. The molecule has 3 rings (SSSR count). The highest BCUT2D eigenvalue weighted by molar-refractivity contribution is 6.30. The van der Waals surface area contributed by atoms with E-state index >= 15 is 0 Å². The van der Waals surface area contributed by atoms with E-state index in [1.807, 2.05) is 30.3 Å². The highest BCUT2D eigenvalue weighted by Crippen LogP contribution is 2.19. The van der Waals surface area contributed by atoms with Gasteiger partial charge in [-0.25, -0.2) is 4.39 Å². The zero-order chi connectivity index (χ0) is 18.4. The van der Waals surface area contributed by atoms with Gasteiger partial charge in [-0.05, 0) is 61.2 Å². The van der Waals surface area contributed by atoms with Gasteiger partial charge < -0.3 is 5.32 Å². The first-order chi connectivity index (χ1) is 12.6. The fraction of sp³-hybridized carbons (Fsp3) is 0.381. The molecular formula is C21H24ClFN2O. The van der Waals surface area contributed by atoms with E-state index in [4.69, 9.17) is 11.6 Å². The highest BCUT2D eigenvalue weighted by Gasteiger charge is 2.25. The van der Waals surface area contributed by atoms with Gasteiger partial charge in [0.05, 0.1) is 5.92 Å². The van der Waals surface area contributed by atoms with Crippen LogP contribution in [0.4, 0.5) is 4.39 Å². The molecule has 0 radical (unpaired) electrons. The van der Waals surface area contributed by atoms with E-state index in [-0.39, 0.29) is 17.6 Å². The predicted molar refractivity (Wildman–Crippen MR) is 103 cm³/mol. The van der Waals surface area contributed by atoms with Gasteiger partial charge in [0.2, 0.25) is 5.91 Å². The molecule has 5 heteroatoms. The van der Waals surface area contributed by atoms with Gasteiger partial charge in [-0.3, -0.25) is 9.69 Å². The van der Waals surface area contributed by atoms with Crippen molar-refractivity contribution in [3.63, 3.8) is 0 Å². The number of carbonyl (C=O) groups is 1. The summed E-state index contributed by atoms with van der Waals surface area (Å²) in [6, 6.07) is 14.4. The Morgan fingerprint density at radius 2 is 2.00 bits per heavy atom. The molecule has 3 nitrogen and oxygen atoms in total. The minimum atomic E-state index is -0.213. The van der Waals surface area contributed by atoms with Crippen molar-refractivity contribution in [2.45, 2.75) is 25.8 Å². The Hall–Kier alpha value is -1.91. The number of likely N-dealkylation sites (tertiary alicyclic amines) is 1. The quantitative estimate of drug-likeness (QED) is 0.827. The van der Waals surface area contributed by atoms with Crippen LogP contribution in [0.1, 0.15) is 24.0 Å². The van der Waals surface area contributed by atoms with Gasteiger partial charge in [0.1, 0.15) is 5.82 Å². The molecule has 1 fully saturated rings. The SMILES string of the molecule is O=C(NCCc1cccc(Cl)c1)C1CCCN(Cc2cccc(F)c2)C1. The molecule has 0 saturated carbocycles. The predicted octanol–water partition coefficient (Wildman–Crippen LogP) is 4.05. The van der Waals surface area contributed by atoms with Crippen molar-refractivity contribution in [1.82, 2.24) is 10.2 Å². The first-order valence-corrected chi connectivity index (χ1v) is 9.47. The lowest BCUT2D eigenvalue weighted by molar-refractivity contribution is -0.126. The number of hydrogen-bond acceptors (Lipinski definition) is 2. The van der Waals surface area contributed by atoms with Gasteiger partial charge in [-0.2, -0.15) is 0 Å². The fourth-order valence-corrected chi connectivity index (χ4v) is 3.69. The Labute approximate surface area is 159 Å². The molecule has 0 aromatic heterocycles. The zero-order valence-electron chi connectivity index (χ0n) is 14.8. The summed E-state index contributed by atoms with van der Waals surface area (Å²) in [7, 11) is 0. The second-order valence-corrected chi connectivity index (χ2v) is 7.31. The number of piperidine rings is 1. The molecule has 0 bridgehead atoms. The maximum absolute atomic E-state index is 13.3. The molecule has 1 N–H and O–H groups in total. The summed E-state index contributed by atoms with van der Waals surface area (Å²) in [5.74, 6) is -0.109. The summed E-state index contributed by atoms with van der Waals surface area (Å²) in [6.45, 7) is 2.96. The lowest BCUT2D eigenvalue weighted by atomic mass is 9.96. The van der Waals surface area contributed by atoms with Crippen LogP contribution in [0.2, 0.25) is 5.02 Å². The number of benzene rings is 2. The lowest BCUT2D eigenvalue weighted by Crippen LogP contribution is -2.43. The van der Waals surface area contributed by atoms with E-state index in [1.165, 1.54) is 6.07 Å². The topological polar surface area (TPSA) is 32.3 Å². The Kier molecular flexibility index (Phi) is 6.64. The maximum atomic E-state index is 13.3. The summed E-state index contributed by atoms with van der Waals surface area (Å²) in [6.07, 6.45) is 2.66. The Bertz CT molecular complexity index is 752. The molecule has 0 aliphatic carbocycles. The van der Waals surface area contributed by atoms with Crippen LogP contribution in [0, 0.1) is 11.7 Å². The third kappa shape index (κ3) is 5.55. The zero-order valence-corrected chi connectivity index (χ0v) is 15.5. The highest BCUT2D eigenvalue weighted by atomic mass is 35.5. The molecule has 1 aliphatic heterocycles. The van der Waals surface area contributed by atoms with Gasteiger partial charge in [-0.1, -0.05) is 35.9 Å². The third-order valence-electron chi connectivity index (χ3n) is 4.77. The van der Waals surface area contributed by atoms with Crippen LogP contribution in [0.15, 0.2) is 48.5 Å².